The quantitative estimate of drug-likeness (QED) is 0.0419. The van der Waals surface area contributed by atoms with E-state index >= 15 is 0 Å². The number of hydrogen-bond acceptors (Lipinski definition) is 23. The van der Waals surface area contributed by atoms with Crippen molar-refractivity contribution < 1.29 is 38.8 Å². The fourth-order valence-electron chi connectivity index (χ4n) is 19.9. The van der Waals surface area contributed by atoms with Crippen LogP contribution in [-0.4, -0.2) is 166 Å². The number of nitrogen functional groups attached to an aromatic ring is 1. The topological polar surface area (TPSA) is 359 Å². The summed E-state index contributed by atoms with van der Waals surface area (Å²) in [6.45, 7) is 14.2. The van der Waals surface area contributed by atoms with E-state index < -0.39 is 0 Å². The maximum atomic E-state index is 11.4. The highest BCUT2D eigenvalue weighted by molar-refractivity contribution is 6.12. The van der Waals surface area contributed by atoms with Gasteiger partial charge in [-0.05, 0) is 281 Å². The van der Waals surface area contributed by atoms with Crippen molar-refractivity contribution in [3.8, 4) is 73.0 Å². The molecule has 724 valence electrons. The molecular weight excluding hydrogens is 1820 g/mol. The monoisotopic (exact) mass is 1930 g/mol. The molecule has 6 heterocycles. The Kier molecular flexibility index (Phi) is 29.4. The number of ether oxygens (including phenoxy) is 3. The van der Waals surface area contributed by atoms with Crippen LogP contribution in [0.5, 0.6) is 17.4 Å². The van der Waals surface area contributed by atoms with Gasteiger partial charge in [0.05, 0.1) is 24.6 Å². The molecule has 0 atom stereocenters. The maximum absolute atomic E-state index is 11.4. The van der Waals surface area contributed by atoms with Crippen LogP contribution in [0.2, 0.25) is 0 Å². The van der Waals surface area contributed by atoms with Crippen molar-refractivity contribution in [2.75, 3.05) is 123 Å². The molecule has 0 radical (unpaired) electrons. The van der Waals surface area contributed by atoms with Crippen LogP contribution in [0.3, 0.4) is 0 Å². The molecule has 15 aromatic rings. The number of nitro groups is 5. The number of benzene rings is 12. The minimum atomic E-state index is -0.376. The Labute approximate surface area is 837 Å². The molecule has 0 bridgehead atoms. The molecule has 5 N–H and O–H groups in total. The molecule has 0 amide bonds. The predicted octanol–water partition coefficient (Wildman–Crippen LogP) is 22.8. The van der Waals surface area contributed by atoms with Crippen molar-refractivity contribution in [3.63, 3.8) is 0 Å². The van der Waals surface area contributed by atoms with E-state index in [1.165, 1.54) is 25.3 Å². The van der Waals surface area contributed by atoms with Crippen LogP contribution in [0.25, 0.3) is 114 Å². The third-order valence-electron chi connectivity index (χ3n) is 27.0. The van der Waals surface area contributed by atoms with Crippen LogP contribution in [0.1, 0.15) is 103 Å². The first kappa shape index (κ1) is 96.5. The Bertz CT molecular complexity index is 7670. The SMILES string of the molecule is CN1CCN(CCOc2ccccc2C=C2c3ccccc3-c3ccc([N+](=O)[O-])cc32)CC1.NCCOc1ncccc1C=C1c2ccccc2-c2ccc([N+](=O)[O-])cc21.Nc1ncccc1C=C1c2ccccc2-c2ccc([N+](=O)[O-])cc21.O=[N+]([O-])c1ccc2c(c1)C(=Cc1ccccc1OCCN1CCCCC1)c1ccccc1-2.O=[N+]([O-])c1ccc2c(c1)C(=Cc1cccnc1N1CCNCC1)c1ccccc1-2. The van der Waals surface area contributed by atoms with Gasteiger partial charge >= 0.3 is 0 Å². The molecule has 28 nitrogen and oxygen atoms in total. The van der Waals surface area contributed by atoms with Gasteiger partial charge in [-0.1, -0.05) is 164 Å². The smallest absolute Gasteiger partial charge is 0.270 e. The highest BCUT2D eigenvalue weighted by Gasteiger charge is 2.33. The van der Waals surface area contributed by atoms with E-state index in [1.54, 1.807) is 73.1 Å². The maximum Gasteiger partial charge on any atom is 0.270 e. The summed E-state index contributed by atoms with van der Waals surface area (Å²) in [5, 5.41) is 60.0. The number of nitrogens with zero attached hydrogens (tertiary/aromatic N) is 12. The second-order valence-electron chi connectivity index (χ2n) is 35.9. The van der Waals surface area contributed by atoms with Gasteiger partial charge in [0, 0.05) is 179 Å². The summed E-state index contributed by atoms with van der Waals surface area (Å²) >= 11 is 0. The number of hydrogen-bond donors (Lipinski definition) is 3. The van der Waals surface area contributed by atoms with E-state index in [9.17, 15) is 50.6 Å². The minimum absolute atomic E-state index is 0.0678. The van der Waals surface area contributed by atoms with Gasteiger partial charge in [-0.15, -0.1) is 0 Å². The summed E-state index contributed by atoms with van der Waals surface area (Å²) < 4.78 is 18.0. The number of para-hydroxylation sites is 2. The summed E-state index contributed by atoms with van der Waals surface area (Å²) in [6.07, 6.45) is 19.2. The molecule has 28 heteroatoms. The van der Waals surface area contributed by atoms with Crippen LogP contribution in [-0.2, 0) is 0 Å². The second-order valence-corrected chi connectivity index (χ2v) is 35.9. The van der Waals surface area contributed by atoms with Crippen molar-refractivity contribution in [3.05, 3.63) is 450 Å². The zero-order valence-electron chi connectivity index (χ0n) is 79.7. The zero-order valence-corrected chi connectivity index (χ0v) is 79.7. The number of non-ortho nitro benzene ring substituents is 5. The molecule has 0 spiro atoms. The van der Waals surface area contributed by atoms with Crippen LogP contribution in [0, 0.1) is 50.6 Å². The highest BCUT2D eigenvalue weighted by Crippen LogP contribution is 2.53. The largest absolute Gasteiger partial charge is 0.492 e. The highest BCUT2D eigenvalue weighted by atomic mass is 16.6. The zero-order chi connectivity index (χ0) is 100.0. The van der Waals surface area contributed by atoms with Gasteiger partial charge in [0.25, 0.3) is 28.4 Å². The number of rotatable bonds is 22. The van der Waals surface area contributed by atoms with Gasteiger partial charge in [0.1, 0.15) is 43.0 Å². The Morgan fingerprint density at radius 2 is 0.614 bits per heavy atom. The molecule has 3 aliphatic heterocycles. The molecule has 8 aliphatic rings. The Morgan fingerprint density at radius 1 is 0.310 bits per heavy atom. The van der Waals surface area contributed by atoms with Crippen molar-refractivity contribution in [1.82, 2.24) is 35.0 Å². The number of nitrogens with one attached hydrogen (secondary N) is 1. The van der Waals surface area contributed by atoms with Gasteiger partial charge in [0.15, 0.2) is 0 Å². The Hall–Kier alpha value is -17.4. The van der Waals surface area contributed by atoms with Crippen molar-refractivity contribution in [2.45, 2.75) is 19.3 Å². The third-order valence-corrected chi connectivity index (χ3v) is 27.0. The summed E-state index contributed by atoms with van der Waals surface area (Å²) in [5.41, 5.74) is 41.5. The molecule has 5 aliphatic carbocycles. The lowest BCUT2D eigenvalue weighted by Crippen LogP contribution is -2.45. The molecule has 23 rings (SSSR count). The van der Waals surface area contributed by atoms with Gasteiger partial charge in [-0.3, -0.25) is 60.4 Å². The van der Waals surface area contributed by atoms with Gasteiger partial charge in [0.2, 0.25) is 5.88 Å². The second kappa shape index (κ2) is 44.2. The van der Waals surface area contributed by atoms with Crippen LogP contribution >= 0.6 is 0 Å². The Balaban J connectivity index is 0.000000115. The average Bonchev–Trinajstić information content (AvgIpc) is 1.65. The van der Waals surface area contributed by atoms with E-state index in [0.717, 1.165) is 263 Å². The molecule has 12 aromatic carbocycles. The number of likely N-dealkylation sites (tertiary alicyclic amines) is 1. The van der Waals surface area contributed by atoms with E-state index in [2.05, 4.69) is 108 Å². The van der Waals surface area contributed by atoms with E-state index in [0.29, 0.717) is 38.1 Å². The number of anilines is 2. The van der Waals surface area contributed by atoms with Crippen LogP contribution in [0.15, 0.2) is 316 Å². The normalized spacial score (nSPS) is 15.6. The Morgan fingerprint density at radius 3 is 0.986 bits per heavy atom. The minimum Gasteiger partial charge on any atom is -0.492 e. The lowest BCUT2D eigenvalue weighted by molar-refractivity contribution is -0.385. The fraction of sp³-hybridized carbons (Fsp3) is 0.171. The molecule has 3 aromatic heterocycles. The molecule has 145 heavy (non-hydrogen) atoms. The van der Waals surface area contributed by atoms with Crippen LogP contribution < -0.4 is 35.9 Å². The molecule has 0 unspecified atom stereocenters. The number of pyridine rings is 3. The predicted molar refractivity (Wildman–Crippen MR) is 572 cm³/mol. The lowest BCUT2D eigenvalue weighted by Gasteiger charge is -2.32. The first-order valence-corrected chi connectivity index (χ1v) is 48.3. The van der Waals surface area contributed by atoms with Gasteiger partial charge < -0.3 is 40.8 Å². The molecular formula is C117H103N15O13. The third kappa shape index (κ3) is 21.3. The number of fused-ring (bicyclic) bond motifs is 15. The number of likely N-dealkylation sites (N-methyl/N-ethyl adjacent to an activating group) is 1. The summed E-state index contributed by atoms with van der Waals surface area (Å²) in [6, 6.07) is 93.1. The standard InChI is InChI=1S/C27H27N3O3.C27H26N2O3.C23H20N4O2.C21H17N3O3.C19H13N3O2/c1-28-12-14-29(15-13-28)16-17-33-27-9-5-2-6-20(27)18-25-23-8-4-3-7-22(23)24-11-10-21(30(31)32)19-26(24)25;30-29(31)21-12-13-24-22-9-3-4-10-23(22)25(26(24)19-21)18-20-8-2-5-11-27(20)32-17-16-28-14-6-1-7-15-28;28-27(29)17-7-8-20-18-5-1-2-6-19(18)21(22(20)15-17)14-16-4-3-9-25-23(16)26-12-10-24-11-13-26;22-9-11-27-21-14(4-3-10-23-21)12-19-17-6-2-1-5-16(17)18-8-7-15(24(25)26)13-20(18)19;20-19-12(4-3-9-21-19)10-17-15-6-2-1-5-14(15)16-8-7-13(22(23)24)11-18(16)17/h2-11,18-19H,12-17H2,1H3;2-5,8-13,18-19H,1,6-7,14-17H2;1-9,14-15,24H,10-13H2;1-8,10,12-13H,9,11,22H2;1-11H,(H2,20,21). The van der Waals surface area contributed by atoms with Crippen LogP contribution in [0.4, 0.5) is 40.1 Å². The number of piperidine rings is 1. The van der Waals surface area contributed by atoms with Gasteiger partial charge in [-0.25, -0.2) is 15.0 Å². The summed E-state index contributed by atoms with van der Waals surface area (Å²) in [4.78, 5) is 77.4. The molecule has 0 saturated carbocycles. The average molecular weight is 1930 g/mol. The molecule has 3 saturated heterocycles. The van der Waals surface area contributed by atoms with E-state index in [-0.39, 0.29) is 53.1 Å². The van der Waals surface area contributed by atoms with Crippen molar-refractivity contribution in [2.24, 2.45) is 5.73 Å². The number of piperazine rings is 2. The summed E-state index contributed by atoms with van der Waals surface area (Å²) in [7, 11) is 2.16. The lowest BCUT2D eigenvalue weighted by atomic mass is 10.0. The number of nitrogens with two attached hydrogens (primary N) is 2. The first-order valence-electron chi connectivity index (χ1n) is 48.3. The first-order chi connectivity index (χ1) is 70.9. The van der Waals surface area contributed by atoms with E-state index in [1.807, 2.05) is 206 Å². The van der Waals surface area contributed by atoms with Crippen molar-refractivity contribution >= 4 is 98.3 Å². The van der Waals surface area contributed by atoms with E-state index in [4.69, 9.17) is 25.7 Å². The number of aromatic nitrogens is 3. The summed E-state index contributed by atoms with van der Waals surface area (Å²) in [5.74, 6) is 3.55. The fourth-order valence-corrected chi connectivity index (χ4v) is 19.9. The van der Waals surface area contributed by atoms with Crippen molar-refractivity contribution in [1.29, 1.82) is 0 Å². The number of nitro benzene ring substituents is 5. The molecule has 3 fully saturated rings. The van der Waals surface area contributed by atoms with Gasteiger partial charge in [-0.2, -0.15) is 0 Å².